The van der Waals surface area contributed by atoms with Crippen LogP contribution in [0.4, 0.5) is 0 Å². The van der Waals surface area contributed by atoms with Gasteiger partial charge in [0.25, 0.3) is 0 Å². The molecule has 1 saturated carbocycles. The second-order valence-electron chi connectivity index (χ2n) is 6.50. The monoisotopic (exact) mass is 279 g/mol. The van der Waals surface area contributed by atoms with Crippen LogP contribution in [0.15, 0.2) is 60.7 Å². The average Bonchev–Trinajstić information content (AvgIpc) is 2.56. The number of hydrogen-bond donors (Lipinski definition) is 1. The lowest BCUT2D eigenvalue weighted by molar-refractivity contribution is -0.205. The molecule has 0 aromatic heterocycles. The standard InChI is InChI=1S/C19H21NO/c21-19(16-9-5-2-6-10-16)17-11-18(19)14-20(13-17)12-15-7-3-1-4-8-15/h1-10,17-18,21H,11-14H2/t17-,18+,19?. The van der Waals surface area contributed by atoms with Gasteiger partial charge in [0.2, 0.25) is 0 Å². The van der Waals surface area contributed by atoms with Gasteiger partial charge in [0.1, 0.15) is 0 Å². The Morgan fingerprint density at radius 2 is 1.48 bits per heavy atom. The summed E-state index contributed by atoms with van der Waals surface area (Å²) in [5.74, 6) is 0.754. The van der Waals surface area contributed by atoms with E-state index in [0.717, 1.165) is 31.6 Å². The summed E-state index contributed by atoms with van der Waals surface area (Å²) in [6, 6.07) is 20.9. The van der Waals surface area contributed by atoms with E-state index in [2.05, 4.69) is 47.4 Å². The molecule has 21 heavy (non-hydrogen) atoms. The average molecular weight is 279 g/mol. The lowest BCUT2D eigenvalue weighted by Gasteiger charge is -2.59. The van der Waals surface area contributed by atoms with Crippen LogP contribution in [-0.4, -0.2) is 23.1 Å². The van der Waals surface area contributed by atoms with Gasteiger partial charge in [-0.2, -0.15) is 0 Å². The van der Waals surface area contributed by atoms with Crippen molar-refractivity contribution in [3.05, 3.63) is 71.8 Å². The lowest BCUT2D eigenvalue weighted by Crippen LogP contribution is -2.64. The molecule has 2 heteroatoms. The summed E-state index contributed by atoms with van der Waals surface area (Å²) in [5.41, 5.74) is 1.88. The SMILES string of the molecule is OC1(c2ccccc2)[C@@H]2C[C@H]1CN(Cc1ccccc1)C2. The van der Waals surface area contributed by atoms with Crippen LogP contribution in [0.5, 0.6) is 0 Å². The molecule has 2 saturated heterocycles. The fourth-order valence-corrected chi connectivity index (χ4v) is 4.15. The van der Waals surface area contributed by atoms with Gasteiger partial charge in [-0.1, -0.05) is 60.7 Å². The maximum Gasteiger partial charge on any atom is 0.0977 e. The number of hydrogen-bond acceptors (Lipinski definition) is 2. The lowest BCUT2D eigenvalue weighted by atomic mass is 9.55. The molecule has 108 valence electrons. The van der Waals surface area contributed by atoms with Gasteiger partial charge in [0.05, 0.1) is 5.60 Å². The highest BCUT2D eigenvalue weighted by molar-refractivity contribution is 5.29. The number of piperidine rings is 2. The molecular formula is C19H21NO. The molecule has 1 aliphatic carbocycles. The number of fused-ring (bicyclic) bond motifs is 2. The van der Waals surface area contributed by atoms with Crippen LogP contribution in [0.1, 0.15) is 17.5 Å². The number of aliphatic hydroxyl groups is 1. The van der Waals surface area contributed by atoms with Crippen LogP contribution in [-0.2, 0) is 12.1 Å². The zero-order valence-corrected chi connectivity index (χ0v) is 12.2. The Morgan fingerprint density at radius 3 is 2.10 bits per heavy atom. The Labute approximate surface area is 126 Å². The van der Waals surface area contributed by atoms with E-state index in [-0.39, 0.29) is 0 Å². The summed E-state index contributed by atoms with van der Waals surface area (Å²) in [7, 11) is 0. The molecule has 2 nitrogen and oxygen atoms in total. The normalized spacial score (nSPS) is 31.7. The minimum Gasteiger partial charge on any atom is -0.384 e. The molecule has 2 aromatic carbocycles. The van der Waals surface area contributed by atoms with Crippen LogP contribution in [0.2, 0.25) is 0 Å². The molecule has 0 spiro atoms. The predicted molar refractivity (Wildman–Crippen MR) is 83.7 cm³/mol. The molecule has 2 heterocycles. The van der Waals surface area contributed by atoms with Crippen LogP contribution >= 0.6 is 0 Å². The molecular weight excluding hydrogens is 258 g/mol. The van der Waals surface area contributed by atoms with Crippen LogP contribution in [0.3, 0.4) is 0 Å². The molecule has 3 fully saturated rings. The molecule has 3 atom stereocenters. The van der Waals surface area contributed by atoms with Crippen molar-refractivity contribution in [3.8, 4) is 0 Å². The van der Waals surface area contributed by atoms with E-state index in [1.807, 2.05) is 18.2 Å². The first-order chi connectivity index (χ1) is 10.3. The van der Waals surface area contributed by atoms with E-state index in [1.54, 1.807) is 0 Å². The molecule has 0 amide bonds. The van der Waals surface area contributed by atoms with Gasteiger partial charge in [0.15, 0.2) is 0 Å². The Morgan fingerprint density at radius 1 is 0.905 bits per heavy atom. The Kier molecular flexibility index (Phi) is 3.09. The zero-order chi connectivity index (χ0) is 14.3. The summed E-state index contributed by atoms with van der Waals surface area (Å²) < 4.78 is 0. The predicted octanol–water partition coefficient (Wildman–Crippen LogP) is 3.03. The third-order valence-corrected chi connectivity index (χ3v) is 5.26. The zero-order valence-electron chi connectivity index (χ0n) is 12.2. The van der Waals surface area contributed by atoms with Crippen LogP contribution < -0.4 is 0 Å². The van der Waals surface area contributed by atoms with E-state index in [9.17, 15) is 5.11 Å². The molecule has 2 aliphatic heterocycles. The first-order valence-electron chi connectivity index (χ1n) is 7.81. The summed E-state index contributed by atoms with van der Waals surface area (Å²) in [5, 5.41) is 11.1. The Bertz CT molecular complexity index is 598. The van der Waals surface area contributed by atoms with Crippen molar-refractivity contribution in [2.45, 2.75) is 18.6 Å². The highest BCUT2D eigenvalue weighted by Gasteiger charge is 2.58. The number of nitrogens with zero attached hydrogens (tertiary/aromatic N) is 1. The van der Waals surface area contributed by atoms with Gasteiger partial charge in [-0.15, -0.1) is 0 Å². The molecule has 1 unspecified atom stereocenters. The first kappa shape index (κ1) is 13.1. The molecule has 2 bridgehead atoms. The van der Waals surface area contributed by atoms with Crippen molar-refractivity contribution in [1.82, 2.24) is 4.90 Å². The quantitative estimate of drug-likeness (QED) is 0.933. The summed E-state index contributed by atoms with van der Waals surface area (Å²) in [6.07, 6.45) is 1.16. The fraction of sp³-hybridized carbons (Fsp3) is 0.368. The molecule has 1 N–H and O–H groups in total. The highest BCUT2D eigenvalue weighted by Crippen LogP contribution is 2.54. The summed E-state index contributed by atoms with van der Waals surface area (Å²) in [6.45, 7) is 2.99. The van der Waals surface area contributed by atoms with Crippen molar-refractivity contribution in [1.29, 1.82) is 0 Å². The van der Waals surface area contributed by atoms with Gasteiger partial charge < -0.3 is 5.11 Å². The second kappa shape index (κ2) is 4.97. The van der Waals surface area contributed by atoms with Crippen LogP contribution in [0.25, 0.3) is 0 Å². The third kappa shape index (κ3) is 2.10. The number of benzene rings is 2. The Balaban J connectivity index is 1.49. The van der Waals surface area contributed by atoms with Gasteiger partial charge in [-0.05, 0) is 17.5 Å². The fourth-order valence-electron chi connectivity index (χ4n) is 4.15. The van der Waals surface area contributed by atoms with Gasteiger partial charge >= 0.3 is 0 Å². The summed E-state index contributed by atoms with van der Waals surface area (Å²) >= 11 is 0. The van der Waals surface area contributed by atoms with E-state index in [1.165, 1.54) is 5.56 Å². The van der Waals surface area contributed by atoms with E-state index >= 15 is 0 Å². The van der Waals surface area contributed by atoms with E-state index < -0.39 is 5.60 Å². The van der Waals surface area contributed by atoms with E-state index in [0.29, 0.717) is 11.8 Å². The van der Waals surface area contributed by atoms with Crippen molar-refractivity contribution in [2.24, 2.45) is 11.8 Å². The minimum atomic E-state index is -0.589. The highest BCUT2D eigenvalue weighted by atomic mass is 16.3. The molecule has 5 rings (SSSR count). The maximum atomic E-state index is 11.1. The van der Waals surface area contributed by atoms with E-state index in [4.69, 9.17) is 0 Å². The molecule has 3 aliphatic rings. The smallest absolute Gasteiger partial charge is 0.0977 e. The third-order valence-electron chi connectivity index (χ3n) is 5.26. The van der Waals surface area contributed by atoms with Gasteiger partial charge in [-0.25, -0.2) is 0 Å². The van der Waals surface area contributed by atoms with Crippen LogP contribution in [0, 0.1) is 11.8 Å². The van der Waals surface area contributed by atoms with Crippen molar-refractivity contribution in [3.63, 3.8) is 0 Å². The molecule has 2 aromatic rings. The number of rotatable bonds is 3. The van der Waals surface area contributed by atoms with Crippen molar-refractivity contribution >= 4 is 0 Å². The first-order valence-corrected chi connectivity index (χ1v) is 7.81. The Hall–Kier alpha value is -1.64. The van der Waals surface area contributed by atoms with Gasteiger partial charge in [0, 0.05) is 31.5 Å². The van der Waals surface area contributed by atoms with Crippen molar-refractivity contribution < 1.29 is 5.11 Å². The largest absolute Gasteiger partial charge is 0.384 e. The summed E-state index contributed by atoms with van der Waals surface area (Å²) in [4.78, 5) is 2.49. The topological polar surface area (TPSA) is 23.5 Å². The minimum absolute atomic E-state index is 0.377. The van der Waals surface area contributed by atoms with Crippen molar-refractivity contribution in [2.75, 3.05) is 13.1 Å². The molecule has 0 radical (unpaired) electrons. The second-order valence-corrected chi connectivity index (χ2v) is 6.50. The van der Waals surface area contributed by atoms with Gasteiger partial charge in [-0.3, -0.25) is 4.90 Å². The maximum absolute atomic E-state index is 11.1.